The van der Waals surface area contributed by atoms with Crippen LogP contribution in [0.5, 0.6) is 10.9 Å². The van der Waals surface area contributed by atoms with E-state index >= 15 is 0 Å². The van der Waals surface area contributed by atoms with Gasteiger partial charge in [0.1, 0.15) is 5.75 Å². The normalized spacial score (nSPS) is 9.90. The van der Waals surface area contributed by atoms with Gasteiger partial charge in [-0.15, -0.1) is 5.10 Å². The smallest absolute Gasteiger partial charge is 0.325 e. The van der Waals surface area contributed by atoms with E-state index in [0.29, 0.717) is 22.6 Å². The fraction of sp³-hybridized carbons (Fsp3) is 0.250. The van der Waals surface area contributed by atoms with E-state index in [0.717, 1.165) is 17.1 Å². The highest BCUT2D eigenvalue weighted by atomic mass is 32.1. The van der Waals surface area contributed by atoms with Crippen molar-refractivity contribution in [2.24, 2.45) is 0 Å². The van der Waals surface area contributed by atoms with Crippen molar-refractivity contribution >= 4 is 28.2 Å². The molecule has 0 unspecified atom stereocenters. The maximum atomic E-state index is 11.7. The summed E-state index contributed by atoms with van der Waals surface area (Å²) >= 11 is 1.14. The van der Waals surface area contributed by atoms with Crippen LogP contribution >= 0.6 is 11.3 Å². The Morgan fingerprint density at radius 2 is 2.00 bits per heavy atom. The molecule has 0 aliphatic rings. The van der Waals surface area contributed by atoms with Crippen LogP contribution in [0.15, 0.2) is 24.3 Å². The molecule has 0 aliphatic heterocycles. The maximum Gasteiger partial charge on any atom is 0.325 e. The lowest BCUT2D eigenvalue weighted by Gasteiger charge is -2.06. The molecule has 106 valence electrons. The minimum Gasteiger partial charge on any atom is -0.494 e. The van der Waals surface area contributed by atoms with Crippen LogP contribution in [0.2, 0.25) is 0 Å². The van der Waals surface area contributed by atoms with Crippen LogP contribution in [0.4, 0.5) is 15.6 Å². The Morgan fingerprint density at radius 1 is 1.25 bits per heavy atom. The Balaban J connectivity index is 1.90. The van der Waals surface area contributed by atoms with E-state index in [9.17, 15) is 4.79 Å². The number of anilines is 2. The van der Waals surface area contributed by atoms with E-state index in [1.807, 2.05) is 6.92 Å². The Morgan fingerprint density at radius 3 is 2.60 bits per heavy atom. The van der Waals surface area contributed by atoms with Gasteiger partial charge in [-0.05, 0) is 42.5 Å². The minimum absolute atomic E-state index is 0.366. The molecule has 2 aromatic rings. The van der Waals surface area contributed by atoms with E-state index in [-0.39, 0.29) is 0 Å². The van der Waals surface area contributed by atoms with Crippen molar-refractivity contribution in [1.29, 1.82) is 0 Å². The summed E-state index contributed by atoms with van der Waals surface area (Å²) in [7, 11) is 1.49. The summed E-state index contributed by atoms with van der Waals surface area (Å²) < 4.78 is 10.2. The lowest BCUT2D eigenvalue weighted by atomic mass is 10.3. The lowest BCUT2D eigenvalue weighted by molar-refractivity contribution is 0.262. The molecule has 7 nitrogen and oxygen atoms in total. The van der Waals surface area contributed by atoms with Gasteiger partial charge in [-0.2, -0.15) is 0 Å². The summed E-state index contributed by atoms with van der Waals surface area (Å²) in [5.74, 6) is 0.757. The van der Waals surface area contributed by atoms with Crippen molar-refractivity contribution in [2.75, 3.05) is 24.4 Å². The fourth-order valence-electron chi connectivity index (χ4n) is 1.40. The molecule has 0 aliphatic carbocycles. The van der Waals surface area contributed by atoms with Crippen LogP contribution in [-0.2, 0) is 0 Å². The molecule has 8 heteroatoms. The third kappa shape index (κ3) is 3.82. The second kappa shape index (κ2) is 6.71. The second-order valence-electron chi connectivity index (χ2n) is 3.61. The maximum absolute atomic E-state index is 11.7. The molecule has 1 aromatic carbocycles. The number of amides is 2. The van der Waals surface area contributed by atoms with Crippen LogP contribution < -0.4 is 20.1 Å². The predicted octanol–water partition coefficient (Wildman–Crippen LogP) is 2.59. The first-order chi connectivity index (χ1) is 9.71. The number of urea groups is 1. The third-order valence-electron chi connectivity index (χ3n) is 2.22. The molecule has 20 heavy (non-hydrogen) atoms. The van der Waals surface area contributed by atoms with Gasteiger partial charge in [-0.25, -0.2) is 4.79 Å². The standard InChI is InChI=1S/C12H14N4O3S/c1-3-19-9-6-4-8(5-7-9)13-10(17)14-11-15-16-12(18-2)20-11/h4-7H,3H2,1-2H3,(H2,13,14,15,17). The van der Waals surface area contributed by atoms with Crippen molar-refractivity contribution in [2.45, 2.75) is 6.92 Å². The van der Waals surface area contributed by atoms with Gasteiger partial charge in [0.15, 0.2) is 0 Å². The van der Waals surface area contributed by atoms with Gasteiger partial charge in [0.05, 0.1) is 13.7 Å². The number of methoxy groups -OCH3 is 1. The Kier molecular flexibility index (Phi) is 4.72. The van der Waals surface area contributed by atoms with Gasteiger partial charge in [0.2, 0.25) is 5.13 Å². The highest BCUT2D eigenvalue weighted by molar-refractivity contribution is 7.17. The van der Waals surface area contributed by atoms with Crippen molar-refractivity contribution in [3.8, 4) is 10.9 Å². The van der Waals surface area contributed by atoms with E-state index in [1.54, 1.807) is 24.3 Å². The number of benzene rings is 1. The fourth-order valence-corrected chi connectivity index (χ4v) is 1.96. The molecule has 0 bridgehead atoms. The number of aromatic nitrogens is 2. The highest BCUT2D eigenvalue weighted by Crippen LogP contribution is 2.22. The van der Waals surface area contributed by atoms with Gasteiger partial charge in [-0.1, -0.05) is 5.10 Å². The third-order valence-corrected chi connectivity index (χ3v) is 3.02. The Bertz CT molecular complexity index is 570. The molecule has 1 heterocycles. The summed E-state index contributed by atoms with van der Waals surface area (Å²) in [6.07, 6.45) is 0. The summed E-state index contributed by atoms with van der Waals surface area (Å²) in [4.78, 5) is 11.7. The molecule has 0 fully saturated rings. The van der Waals surface area contributed by atoms with E-state index in [4.69, 9.17) is 9.47 Å². The molecule has 0 spiro atoms. The van der Waals surface area contributed by atoms with Crippen molar-refractivity contribution in [1.82, 2.24) is 10.2 Å². The van der Waals surface area contributed by atoms with Gasteiger partial charge in [0, 0.05) is 5.69 Å². The van der Waals surface area contributed by atoms with E-state index < -0.39 is 6.03 Å². The number of carbonyl (C=O) groups is 1. The topological polar surface area (TPSA) is 85.4 Å². The number of carbonyl (C=O) groups excluding carboxylic acids is 1. The number of hydrogen-bond acceptors (Lipinski definition) is 6. The van der Waals surface area contributed by atoms with Crippen molar-refractivity contribution < 1.29 is 14.3 Å². The predicted molar refractivity (Wildman–Crippen MR) is 76.7 cm³/mol. The summed E-state index contributed by atoms with van der Waals surface area (Å²) in [6.45, 7) is 2.52. The van der Waals surface area contributed by atoms with Crippen LogP contribution in [0, 0.1) is 0 Å². The molecule has 2 N–H and O–H groups in total. The first kappa shape index (κ1) is 14.1. The Labute approximate surface area is 119 Å². The molecular formula is C12H14N4O3S. The molecule has 0 saturated carbocycles. The molecule has 0 radical (unpaired) electrons. The van der Waals surface area contributed by atoms with Crippen LogP contribution in [0.1, 0.15) is 6.92 Å². The zero-order chi connectivity index (χ0) is 14.4. The zero-order valence-electron chi connectivity index (χ0n) is 11.0. The lowest BCUT2D eigenvalue weighted by Crippen LogP contribution is -2.19. The number of hydrogen-bond donors (Lipinski definition) is 2. The average Bonchev–Trinajstić information content (AvgIpc) is 2.89. The second-order valence-corrected chi connectivity index (χ2v) is 4.55. The quantitative estimate of drug-likeness (QED) is 0.885. The van der Waals surface area contributed by atoms with Crippen molar-refractivity contribution in [3.05, 3.63) is 24.3 Å². The molecule has 0 atom stereocenters. The monoisotopic (exact) mass is 294 g/mol. The number of nitrogens with zero attached hydrogens (tertiary/aromatic N) is 2. The van der Waals surface area contributed by atoms with Crippen LogP contribution in [0.25, 0.3) is 0 Å². The molecule has 1 aromatic heterocycles. The van der Waals surface area contributed by atoms with E-state index in [1.165, 1.54) is 7.11 Å². The number of ether oxygens (including phenoxy) is 2. The summed E-state index contributed by atoms with van der Waals surface area (Å²) in [5, 5.41) is 13.5. The zero-order valence-corrected chi connectivity index (χ0v) is 11.9. The van der Waals surface area contributed by atoms with Gasteiger partial charge < -0.3 is 14.8 Å². The largest absolute Gasteiger partial charge is 0.494 e. The summed E-state index contributed by atoms with van der Waals surface area (Å²) in [5.41, 5.74) is 0.655. The van der Waals surface area contributed by atoms with Crippen LogP contribution in [-0.4, -0.2) is 29.9 Å². The highest BCUT2D eigenvalue weighted by Gasteiger charge is 2.08. The number of nitrogens with one attached hydrogen (secondary N) is 2. The molecule has 2 rings (SSSR count). The van der Waals surface area contributed by atoms with Gasteiger partial charge >= 0.3 is 6.03 Å². The molecule has 0 saturated heterocycles. The van der Waals surface area contributed by atoms with Crippen LogP contribution in [0.3, 0.4) is 0 Å². The van der Waals surface area contributed by atoms with Crippen molar-refractivity contribution in [3.63, 3.8) is 0 Å². The number of rotatable bonds is 5. The molecule has 2 amide bonds. The SMILES string of the molecule is CCOc1ccc(NC(=O)Nc2nnc(OC)s2)cc1. The summed E-state index contributed by atoms with van der Waals surface area (Å²) in [6, 6.07) is 6.68. The Hall–Kier alpha value is -2.35. The van der Waals surface area contributed by atoms with E-state index in [2.05, 4.69) is 20.8 Å². The first-order valence-corrected chi connectivity index (χ1v) is 6.71. The molecular weight excluding hydrogens is 280 g/mol. The minimum atomic E-state index is -0.395. The average molecular weight is 294 g/mol. The van der Waals surface area contributed by atoms with Gasteiger partial charge in [-0.3, -0.25) is 5.32 Å². The van der Waals surface area contributed by atoms with Gasteiger partial charge in [0.25, 0.3) is 5.19 Å². The first-order valence-electron chi connectivity index (χ1n) is 5.89.